The van der Waals surface area contributed by atoms with E-state index >= 15 is 0 Å². The van der Waals surface area contributed by atoms with Gasteiger partial charge in [0, 0.05) is 29.3 Å². The van der Waals surface area contributed by atoms with Gasteiger partial charge in [0.1, 0.15) is 0 Å². The predicted octanol–water partition coefficient (Wildman–Crippen LogP) is 5.97. The van der Waals surface area contributed by atoms with Crippen molar-refractivity contribution < 1.29 is 9.72 Å². The molecule has 0 bridgehead atoms. The Morgan fingerprint density at radius 1 is 1.03 bits per heavy atom. The summed E-state index contributed by atoms with van der Waals surface area (Å²) in [4.78, 5) is 25.9. The van der Waals surface area contributed by atoms with Crippen LogP contribution in [0.25, 0.3) is 0 Å². The van der Waals surface area contributed by atoms with Crippen LogP contribution in [0.4, 0.5) is 5.69 Å². The molecular formula is C24H21ClN2O3. The maximum Gasteiger partial charge on any atom is 0.269 e. The van der Waals surface area contributed by atoms with E-state index in [1.54, 1.807) is 0 Å². The van der Waals surface area contributed by atoms with E-state index in [0.717, 1.165) is 24.8 Å². The topological polar surface area (TPSA) is 63.4 Å². The largest absolute Gasteiger partial charge is 0.327 e. The molecule has 6 heteroatoms. The van der Waals surface area contributed by atoms with Crippen LogP contribution < -0.4 is 0 Å². The molecule has 0 radical (unpaired) electrons. The Labute approximate surface area is 180 Å². The van der Waals surface area contributed by atoms with Crippen molar-refractivity contribution in [2.45, 2.75) is 31.8 Å². The number of hydrogen-bond acceptors (Lipinski definition) is 3. The zero-order valence-electron chi connectivity index (χ0n) is 16.3. The molecule has 1 aliphatic rings. The first kappa shape index (κ1) is 20.1. The summed E-state index contributed by atoms with van der Waals surface area (Å²) in [7, 11) is 0. The number of carbonyl (C=O) groups is 1. The summed E-state index contributed by atoms with van der Waals surface area (Å²) in [5, 5.41) is 11.6. The number of halogens is 1. The van der Waals surface area contributed by atoms with Crippen molar-refractivity contribution in [1.29, 1.82) is 0 Å². The van der Waals surface area contributed by atoms with Crippen LogP contribution in [-0.4, -0.2) is 15.7 Å². The molecule has 4 rings (SSSR count). The van der Waals surface area contributed by atoms with Crippen LogP contribution in [0, 0.1) is 10.1 Å². The minimum Gasteiger partial charge on any atom is -0.327 e. The Balaban J connectivity index is 1.71. The summed E-state index contributed by atoms with van der Waals surface area (Å²) in [6.07, 6.45) is 2.89. The zero-order valence-corrected chi connectivity index (χ0v) is 17.1. The molecule has 0 saturated carbocycles. The average Bonchev–Trinajstić information content (AvgIpc) is 2.78. The van der Waals surface area contributed by atoms with Crippen LogP contribution in [-0.2, 0) is 13.0 Å². The van der Waals surface area contributed by atoms with Crippen molar-refractivity contribution in [3.63, 3.8) is 0 Å². The Kier molecular flexibility index (Phi) is 5.81. The molecule has 0 fully saturated rings. The fraction of sp³-hybridized carbons (Fsp3) is 0.208. The monoisotopic (exact) mass is 420 g/mol. The highest BCUT2D eigenvalue weighted by atomic mass is 35.5. The van der Waals surface area contributed by atoms with Gasteiger partial charge < -0.3 is 4.90 Å². The molecule has 30 heavy (non-hydrogen) atoms. The first-order valence-corrected chi connectivity index (χ1v) is 10.3. The fourth-order valence-electron chi connectivity index (χ4n) is 4.05. The Morgan fingerprint density at radius 2 is 1.73 bits per heavy atom. The maximum absolute atomic E-state index is 13.5. The third-order valence-corrected chi connectivity index (χ3v) is 5.82. The minimum atomic E-state index is -0.461. The Hall–Kier alpha value is -3.18. The minimum absolute atomic E-state index is 0.0289. The van der Waals surface area contributed by atoms with E-state index in [1.807, 2.05) is 41.3 Å². The summed E-state index contributed by atoms with van der Waals surface area (Å²) < 4.78 is 0. The molecular weight excluding hydrogens is 400 g/mol. The third kappa shape index (κ3) is 4.21. The normalized spacial score (nSPS) is 15.3. The van der Waals surface area contributed by atoms with Gasteiger partial charge in [0.2, 0.25) is 0 Å². The predicted molar refractivity (Wildman–Crippen MR) is 117 cm³/mol. The molecule has 0 heterocycles. The van der Waals surface area contributed by atoms with Gasteiger partial charge in [-0.15, -0.1) is 0 Å². The van der Waals surface area contributed by atoms with Crippen LogP contribution in [0.1, 0.15) is 45.9 Å². The standard InChI is InChI=1S/C24H21ClN2O3/c25-20-12-8-17(9-13-20)16-26(23-7-3-5-18-4-1-2-6-22(18)23)24(28)19-10-14-21(15-11-19)27(29)30/h1-2,4,6,8-15,23H,3,5,7,16H2. The Bertz CT molecular complexity index is 1060. The van der Waals surface area contributed by atoms with Crippen molar-refractivity contribution in [3.8, 4) is 0 Å². The van der Waals surface area contributed by atoms with E-state index in [-0.39, 0.29) is 17.6 Å². The van der Waals surface area contributed by atoms with Gasteiger partial charge in [0.05, 0.1) is 11.0 Å². The number of fused-ring (bicyclic) bond motifs is 1. The molecule has 0 aromatic heterocycles. The van der Waals surface area contributed by atoms with Crippen molar-refractivity contribution in [2.24, 2.45) is 0 Å². The molecule has 5 nitrogen and oxygen atoms in total. The third-order valence-electron chi connectivity index (χ3n) is 5.57. The number of hydrogen-bond donors (Lipinski definition) is 0. The first-order chi connectivity index (χ1) is 14.5. The van der Waals surface area contributed by atoms with Crippen molar-refractivity contribution in [1.82, 2.24) is 4.90 Å². The molecule has 0 saturated heterocycles. The van der Waals surface area contributed by atoms with Gasteiger partial charge in [-0.3, -0.25) is 14.9 Å². The first-order valence-electron chi connectivity index (χ1n) is 9.90. The summed E-state index contributed by atoms with van der Waals surface area (Å²) in [5.74, 6) is -0.137. The number of non-ortho nitro benzene ring substituents is 1. The molecule has 0 spiro atoms. The van der Waals surface area contributed by atoms with E-state index < -0.39 is 4.92 Å². The number of benzene rings is 3. The second kappa shape index (κ2) is 8.67. The highest BCUT2D eigenvalue weighted by molar-refractivity contribution is 6.30. The van der Waals surface area contributed by atoms with Crippen LogP contribution in [0.15, 0.2) is 72.8 Å². The molecule has 1 unspecified atom stereocenters. The fourth-order valence-corrected chi connectivity index (χ4v) is 4.18. The van der Waals surface area contributed by atoms with Crippen LogP contribution in [0.3, 0.4) is 0 Å². The van der Waals surface area contributed by atoms with E-state index in [1.165, 1.54) is 35.4 Å². The zero-order chi connectivity index (χ0) is 21.1. The van der Waals surface area contributed by atoms with Gasteiger partial charge in [-0.05, 0) is 60.2 Å². The van der Waals surface area contributed by atoms with Gasteiger partial charge >= 0.3 is 0 Å². The lowest BCUT2D eigenvalue weighted by molar-refractivity contribution is -0.384. The van der Waals surface area contributed by atoms with Crippen LogP contribution >= 0.6 is 11.6 Å². The number of carbonyl (C=O) groups excluding carboxylic acids is 1. The number of amides is 1. The van der Waals surface area contributed by atoms with E-state index in [0.29, 0.717) is 17.1 Å². The smallest absolute Gasteiger partial charge is 0.269 e. The van der Waals surface area contributed by atoms with Gasteiger partial charge in [-0.1, -0.05) is 48.0 Å². The second-order valence-electron chi connectivity index (χ2n) is 7.47. The molecule has 3 aromatic carbocycles. The molecule has 1 amide bonds. The summed E-state index contributed by atoms with van der Waals surface area (Å²) in [5.41, 5.74) is 3.84. The van der Waals surface area contributed by atoms with E-state index in [4.69, 9.17) is 11.6 Å². The number of aryl methyl sites for hydroxylation is 1. The highest BCUT2D eigenvalue weighted by Crippen LogP contribution is 2.36. The van der Waals surface area contributed by atoms with Gasteiger partial charge in [-0.2, -0.15) is 0 Å². The quantitative estimate of drug-likeness (QED) is 0.377. The van der Waals surface area contributed by atoms with Crippen molar-refractivity contribution in [2.75, 3.05) is 0 Å². The molecule has 0 N–H and O–H groups in total. The maximum atomic E-state index is 13.5. The van der Waals surface area contributed by atoms with Crippen molar-refractivity contribution in [3.05, 3.63) is 110 Å². The average molecular weight is 421 g/mol. The molecule has 1 atom stereocenters. The lowest BCUT2D eigenvalue weighted by Gasteiger charge is -2.36. The lowest BCUT2D eigenvalue weighted by Crippen LogP contribution is -2.36. The Morgan fingerprint density at radius 3 is 2.43 bits per heavy atom. The molecule has 1 aliphatic carbocycles. The second-order valence-corrected chi connectivity index (χ2v) is 7.91. The van der Waals surface area contributed by atoms with Crippen LogP contribution in [0.5, 0.6) is 0 Å². The van der Waals surface area contributed by atoms with E-state index in [9.17, 15) is 14.9 Å². The number of rotatable bonds is 5. The summed E-state index contributed by atoms with van der Waals surface area (Å²) in [6, 6.07) is 21.5. The summed E-state index contributed by atoms with van der Waals surface area (Å²) >= 11 is 6.03. The highest BCUT2D eigenvalue weighted by Gasteiger charge is 2.30. The number of nitro groups is 1. The molecule has 0 aliphatic heterocycles. The number of nitro benzene ring substituents is 1. The van der Waals surface area contributed by atoms with Gasteiger partial charge in [0.15, 0.2) is 0 Å². The van der Waals surface area contributed by atoms with Crippen LogP contribution in [0.2, 0.25) is 5.02 Å². The van der Waals surface area contributed by atoms with E-state index in [2.05, 4.69) is 12.1 Å². The number of nitrogens with zero attached hydrogens (tertiary/aromatic N) is 2. The molecule has 152 valence electrons. The van der Waals surface area contributed by atoms with Crippen molar-refractivity contribution >= 4 is 23.2 Å². The van der Waals surface area contributed by atoms with Gasteiger partial charge in [0.25, 0.3) is 11.6 Å². The summed E-state index contributed by atoms with van der Waals surface area (Å²) in [6.45, 7) is 0.436. The lowest BCUT2D eigenvalue weighted by atomic mass is 9.86. The van der Waals surface area contributed by atoms with Gasteiger partial charge in [-0.25, -0.2) is 0 Å². The SMILES string of the molecule is O=C(c1ccc([N+](=O)[O-])cc1)N(Cc1ccc(Cl)cc1)C1CCCc2ccccc21. The molecule has 3 aromatic rings.